The van der Waals surface area contributed by atoms with Gasteiger partial charge in [0, 0.05) is 23.2 Å². The lowest BCUT2D eigenvalue weighted by molar-refractivity contribution is 0.282. The van der Waals surface area contributed by atoms with Crippen molar-refractivity contribution in [2.24, 2.45) is 0 Å². The van der Waals surface area contributed by atoms with Crippen molar-refractivity contribution in [1.82, 2.24) is 4.98 Å². The highest BCUT2D eigenvalue weighted by Crippen LogP contribution is 2.26. The molecule has 0 atom stereocenters. The molecule has 0 aliphatic rings. The van der Waals surface area contributed by atoms with Crippen LogP contribution in [0, 0.1) is 0 Å². The van der Waals surface area contributed by atoms with Crippen LogP contribution in [-0.4, -0.2) is 23.8 Å². The van der Waals surface area contributed by atoms with E-state index in [2.05, 4.69) is 17.1 Å². The summed E-state index contributed by atoms with van der Waals surface area (Å²) in [5.41, 5.74) is 2.50. The quantitative estimate of drug-likeness (QED) is 0.362. The van der Waals surface area contributed by atoms with E-state index in [4.69, 9.17) is 9.84 Å². The number of nitrogens with one attached hydrogen (secondary N) is 1. The van der Waals surface area contributed by atoms with Gasteiger partial charge in [-0.25, -0.2) is 0 Å². The van der Waals surface area contributed by atoms with Gasteiger partial charge in [0.2, 0.25) is 0 Å². The molecular weight excluding hydrogens is 322 g/mol. The van der Waals surface area contributed by atoms with Crippen molar-refractivity contribution in [3.8, 4) is 5.75 Å². The summed E-state index contributed by atoms with van der Waals surface area (Å²) in [7, 11) is 1.73. The number of hydrogen-bond acceptors (Lipinski definition) is 2. The molecule has 26 heavy (non-hydrogen) atoms. The van der Waals surface area contributed by atoms with Crippen LogP contribution in [0.15, 0.2) is 24.3 Å². The highest BCUT2D eigenvalue weighted by Gasteiger charge is 2.05. The van der Waals surface area contributed by atoms with E-state index in [1.54, 1.807) is 7.11 Å². The van der Waals surface area contributed by atoms with Crippen LogP contribution < -0.4 is 4.74 Å². The third-order valence-corrected chi connectivity index (χ3v) is 5.25. The lowest BCUT2D eigenvalue weighted by Crippen LogP contribution is -1.87. The van der Waals surface area contributed by atoms with Gasteiger partial charge in [0.05, 0.1) is 7.11 Å². The Balaban J connectivity index is 1.47. The van der Waals surface area contributed by atoms with Crippen LogP contribution in [0.1, 0.15) is 82.7 Å². The molecule has 0 bridgehead atoms. The van der Waals surface area contributed by atoms with Crippen LogP contribution in [0.25, 0.3) is 10.9 Å². The van der Waals surface area contributed by atoms with Gasteiger partial charge in [-0.05, 0) is 37.5 Å². The van der Waals surface area contributed by atoms with E-state index in [9.17, 15) is 0 Å². The van der Waals surface area contributed by atoms with E-state index in [0.717, 1.165) is 18.6 Å². The number of unbranched alkanes of at least 4 members (excludes halogenated alkanes) is 11. The zero-order chi connectivity index (χ0) is 18.5. The van der Waals surface area contributed by atoms with Crippen molar-refractivity contribution in [2.45, 2.75) is 83.5 Å². The summed E-state index contributed by atoms with van der Waals surface area (Å²) < 4.78 is 5.43. The molecule has 0 spiro atoms. The number of aromatic amines is 1. The van der Waals surface area contributed by atoms with Crippen LogP contribution in [0.3, 0.4) is 0 Å². The molecule has 0 saturated carbocycles. The lowest BCUT2D eigenvalue weighted by Gasteiger charge is -2.03. The monoisotopic (exact) mass is 359 g/mol. The fraction of sp³-hybridized carbons (Fsp3) is 0.652. The molecule has 2 rings (SSSR count). The van der Waals surface area contributed by atoms with Crippen LogP contribution in [-0.2, 0) is 6.42 Å². The average molecular weight is 360 g/mol. The molecule has 0 unspecified atom stereocenters. The summed E-state index contributed by atoms with van der Waals surface area (Å²) in [4.78, 5) is 3.52. The third-order valence-electron chi connectivity index (χ3n) is 5.25. The highest BCUT2D eigenvalue weighted by atomic mass is 16.5. The van der Waals surface area contributed by atoms with E-state index in [1.165, 1.54) is 87.2 Å². The molecule has 3 nitrogen and oxygen atoms in total. The second-order valence-corrected chi connectivity index (χ2v) is 7.43. The first-order chi connectivity index (χ1) is 12.8. The number of benzene rings is 1. The Morgan fingerprint density at radius 2 is 1.38 bits per heavy atom. The molecule has 0 aliphatic carbocycles. The molecule has 2 aromatic rings. The number of aliphatic hydroxyl groups excluding tert-OH is 1. The summed E-state index contributed by atoms with van der Waals surface area (Å²) in [6, 6.07) is 8.42. The summed E-state index contributed by atoms with van der Waals surface area (Å²) in [6.07, 6.45) is 16.8. The van der Waals surface area contributed by atoms with Crippen molar-refractivity contribution in [3.63, 3.8) is 0 Å². The number of fused-ring (bicyclic) bond motifs is 1. The molecular formula is C23H37NO2. The smallest absolute Gasteiger partial charge is 0.128 e. The zero-order valence-corrected chi connectivity index (χ0v) is 16.6. The minimum absolute atomic E-state index is 0.356. The van der Waals surface area contributed by atoms with Gasteiger partial charge in [-0.3, -0.25) is 0 Å². The summed E-state index contributed by atoms with van der Waals surface area (Å²) in [5, 5.41) is 9.94. The number of H-pyrrole nitrogens is 1. The molecule has 0 saturated heterocycles. The van der Waals surface area contributed by atoms with Gasteiger partial charge >= 0.3 is 0 Å². The van der Waals surface area contributed by atoms with E-state index in [0.29, 0.717) is 6.61 Å². The fourth-order valence-corrected chi connectivity index (χ4v) is 3.69. The van der Waals surface area contributed by atoms with Crippen molar-refractivity contribution >= 4 is 10.9 Å². The minimum Gasteiger partial charge on any atom is -0.496 e. The normalized spacial score (nSPS) is 11.3. The largest absolute Gasteiger partial charge is 0.496 e. The standard InChI is InChI=1S/C23H37NO2/c1-26-23-17-14-16-22-21(23)19-20(24-22)15-12-10-8-6-4-2-3-5-7-9-11-13-18-25/h14,16-17,19,24-25H,2-13,15,18H2,1H3. The molecule has 1 heterocycles. The minimum atomic E-state index is 0.356. The van der Waals surface area contributed by atoms with E-state index >= 15 is 0 Å². The maximum Gasteiger partial charge on any atom is 0.128 e. The number of aliphatic hydroxyl groups is 1. The molecule has 0 aliphatic heterocycles. The van der Waals surface area contributed by atoms with Crippen molar-refractivity contribution < 1.29 is 9.84 Å². The SMILES string of the molecule is COc1cccc2[nH]c(CCCCCCCCCCCCCCO)cc12. The Bertz CT molecular complexity index is 605. The molecule has 0 radical (unpaired) electrons. The number of aryl methyl sites for hydroxylation is 1. The number of methoxy groups -OCH3 is 1. The molecule has 1 aromatic heterocycles. The number of ether oxygens (including phenoxy) is 1. The predicted molar refractivity (Wildman–Crippen MR) is 111 cm³/mol. The molecule has 0 amide bonds. The topological polar surface area (TPSA) is 45.2 Å². The fourth-order valence-electron chi connectivity index (χ4n) is 3.69. The van der Waals surface area contributed by atoms with Gasteiger partial charge in [0.1, 0.15) is 5.75 Å². The first-order valence-electron chi connectivity index (χ1n) is 10.6. The summed E-state index contributed by atoms with van der Waals surface area (Å²) in [6.45, 7) is 0.356. The van der Waals surface area contributed by atoms with E-state index in [-0.39, 0.29) is 0 Å². The summed E-state index contributed by atoms with van der Waals surface area (Å²) in [5.74, 6) is 0.957. The Morgan fingerprint density at radius 3 is 1.96 bits per heavy atom. The first-order valence-corrected chi connectivity index (χ1v) is 10.6. The Kier molecular flexibility index (Phi) is 10.3. The van der Waals surface area contributed by atoms with E-state index in [1.807, 2.05) is 12.1 Å². The van der Waals surface area contributed by atoms with Gasteiger partial charge in [-0.2, -0.15) is 0 Å². The molecule has 3 heteroatoms. The number of hydrogen-bond donors (Lipinski definition) is 2. The van der Waals surface area contributed by atoms with Crippen LogP contribution in [0.2, 0.25) is 0 Å². The predicted octanol–water partition coefficient (Wildman–Crippen LogP) is 6.39. The average Bonchev–Trinajstić information content (AvgIpc) is 3.08. The first kappa shape index (κ1) is 20.8. The number of rotatable bonds is 15. The zero-order valence-electron chi connectivity index (χ0n) is 16.6. The number of aromatic nitrogens is 1. The van der Waals surface area contributed by atoms with Gasteiger partial charge in [-0.1, -0.05) is 70.3 Å². The molecule has 1 aromatic carbocycles. The van der Waals surface area contributed by atoms with Crippen LogP contribution >= 0.6 is 0 Å². The van der Waals surface area contributed by atoms with Gasteiger partial charge in [0.15, 0.2) is 0 Å². The summed E-state index contributed by atoms with van der Waals surface area (Å²) >= 11 is 0. The third kappa shape index (κ3) is 7.41. The van der Waals surface area contributed by atoms with Crippen LogP contribution in [0.5, 0.6) is 5.75 Å². The van der Waals surface area contributed by atoms with Gasteiger partial charge in [0.25, 0.3) is 0 Å². The van der Waals surface area contributed by atoms with E-state index < -0.39 is 0 Å². The Labute approximate surface area is 159 Å². The maximum atomic E-state index is 8.74. The van der Waals surface area contributed by atoms with Crippen LogP contribution in [0.4, 0.5) is 0 Å². The van der Waals surface area contributed by atoms with Gasteiger partial charge in [-0.15, -0.1) is 0 Å². The van der Waals surface area contributed by atoms with Crippen molar-refractivity contribution in [3.05, 3.63) is 30.0 Å². The highest BCUT2D eigenvalue weighted by molar-refractivity contribution is 5.86. The van der Waals surface area contributed by atoms with Crippen molar-refractivity contribution in [2.75, 3.05) is 13.7 Å². The van der Waals surface area contributed by atoms with Crippen molar-refractivity contribution in [1.29, 1.82) is 0 Å². The second-order valence-electron chi connectivity index (χ2n) is 7.43. The Hall–Kier alpha value is -1.48. The molecule has 0 fully saturated rings. The molecule has 146 valence electrons. The molecule has 2 N–H and O–H groups in total. The van der Waals surface area contributed by atoms with Gasteiger partial charge < -0.3 is 14.8 Å². The Morgan fingerprint density at radius 1 is 0.808 bits per heavy atom. The second kappa shape index (κ2) is 12.8. The maximum absolute atomic E-state index is 8.74. The lowest BCUT2D eigenvalue weighted by atomic mass is 10.0.